The number of nitrogens with two attached hydrogens (primary N) is 1. The Morgan fingerprint density at radius 1 is 0.853 bits per heavy atom. The van der Waals surface area contributed by atoms with Gasteiger partial charge < -0.3 is 29.8 Å². The molecule has 0 heterocycles. The largest absolute Gasteiger partial charge is 0.504 e. The molecule has 9 heteroatoms. The molecule has 0 saturated carbocycles. The maximum Gasteiger partial charge on any atom is 0.203 e. The van der Waals surface area contributed by atoms with Crippen LogP contribution in [0.2, 0.25) is 0 Å². The van der Waals surface area contributed by atoms with Crippen molar-refractivity contribution < 1.29 is 32.5 Å². The van der Waals surface area contributed by atoms with Gasteiger partial charge in [-0.05, 0) is 47.5 Å². The fraction of sp³-hybridized carbons (Fsp3) is 0.200. The predicted molar refractivity (Wildman–Crippen MR) is 131 cm³/mol. The van der Waals surface area contributed by atoms with Crippen LogP contribution in [0.25, 0.3) is 12.2 Å². The van der Waals surface area contributed by atoms with E-state index in [2.05, 4.69) is 0 Å². The number of sulfone groups is 1. The third kappa shape index (κ3) is 5.20. The average molecular weight is 486 g/mol. The first-order valence-electron chi connectivity index (χ1n) is 10.2. The van der Waals surface area contributed by atoms with Crippen LogP contribution in [0.4, 0.5) is 5.69 Å². The van der Waals surface area contributed by atoms with Gasteiger partial charge in [0.1, 0.15) is 0 Å². The maximum absolute atomic E-state index is 13.1. The molecule has 180 valence electrons. The maximum atomic E-state index is 13.1. The van der Waals surface area contributed by atoms with E-state index in [9.17, 15) is 13.5 Å². The third-order valence-corrected chi connectivity index (χ3v) is 6.84. The molecule has 0 aliphatic rings. The third-order valence-electron chi connectivity index (χ3n) is 5.20. The summed E-state index contributed by atoms with van der Waals surface area (Å²) in [6.07, 6.45) is 3.45. The number of nitrogen functional groups attached to an aromatic ring is 1. The highest BCUT2D eigenvalue weighted by Gasteiger charge is 2.22. The molecule has 0 atom stereocenters. The average Bonchev–Trinajstić information content (AvgIpc) is 2.83. The van der Waals surface area contributed by atoms with E-state index in [4.69, 9.17) is 24.7 Å². The Labute approximate surface area is 199 Å². The number of phenols is 1. The Morgan fingerprint density at radius 3 is 2.06 bits per heavy atom. The Kier molecular flexibility index (Phi) is 7.57. The molecule has 0 bridgehead atoms. The summed E-state index contributed by atoms with van der Waals surface area (Å²) in [5.41, 5.74) is 7.51. The van der Waals surface area contributed by atoms with E-state index in [-0.39, 0.29) is 22.0 Å². The van der Waals surface area contributed by atoms with Crippen molar-refractivity contribution in [2.45, 2.75) is 10.6 Å². The molecular weight excluding hydrogens is 458 g/mol. The van der Waals surface area contributed by atoms with Crippen molar-refractivity contribution >= 4 is 27.7 Å². The van der Waals surface area contributed by atoms with E-state index in [1.807, 2.05) is 0 Å². The molecule has 0 radical (unpaired) electrons. The van der Waals surface area contributed by atoms with E-state index < -0.39 is 15.6 Å². The van der Waals surface area contributed by atoms with E-state index in [1.54, 1.807) is 48.6 Å². The minimum atomic E-state index is -3.81. The molecule has 34 heavy (non-hydrogen) atoms. The second kappa shape index (κ2) is 10.4. The van der Waals surface area contributed by atoms with Gasteiger partial charge in [-0.1, -0.05) is 24.3 Å². The highest BCUT2D eigenvalue weighted by molar-refractivity contribution is 7.90. The molecule has 0 aliphatic carbocycles. The lowest BCUT2D eigenvalue weighted by atomic mass is 10.0. The fourth-order valence-electron chi connectivity index (χ4n) is 3.47. The molecule has 0 aromatic heterocycles. The molecular formula is C25H27NO7S. The SMILES string of the molecule is COc1ccc(/C=C\c2cc(OC)c(OC)c(OC)c2)c(CS(=O)(=O)c2cccc(N)c2)c1O. The van der Waals surface area contributed by atoms with Gasteiger partial charge in [0.05, 0.1) is 39.1 Å². The molecule has 0 aliphatic heterocycles. The standard InChI is InChI=1S/C25H27NO7S/c1-30-21-11-10-17(9-8-16-12-22(31-2)25(33-4)23(13-16)32-3)20(24(21)27)15-34(28,29)19-7-5-6-18(26)14-19/h5-14,27H,15,26H2,1-4H3/b9-8-. The van der Waals surface area contributed by atoms with Gasteiger partial charge in [0.25, 0.3) is 0 Å². The van der Waals surface area contributed by atoms with Crippen molar-refractivity contribution in [1.29, 1.82) is 0 Å². The number of methoxy groups -OCH3 is 4. The Balaban J connectivity index is 2.07. The van der Waals surface area contributed by atoms with E-state index in [0.29, 0.717) is 28.5 Å². The molecule has 0 spiro atoms. The zero-order chi connectivity index (χ0) is 24.9. The number of aromatic hydroxyl groups is 1. The number of benzene rings is 3. The summed E-state index contributed by atoms with van der Waals surface area (Å²) in [6, 6.07) is 12.8. The zero-order valence-corrected chi connectivity index (χ0v) is 20.2. The summed E-state index contributed by atoms with van der Waals surface area (Å²) in [7, 11) is 2.15. The molecule has 0 unspecified atom stereocenters. The normalized spacial score (nSPS) is 11.4. The van der Waals surface area contributed by atoms with Crippen molar-refractivity contribution in [3.05, 3.63) is 65.2 Å². The Morgan fingerprint density at radius 2 is 1.50 bits per heavy atom. The fourth-order valence-corrected chi connectivity index (χ4v) is 4.92. The number of hydrogen-bond acceptors (Lipinski definition) is 8. The molecule has 3 N–H and O–H groups in total. The number of phenolic OH excluding ortho intramolecular Hbond substituents is 1. The summed E-state index contributed by atoms with van der Waals surface area (Å²) >= 11 is 0. The van der Waals surface area contributed by atoms with Crippen LogP contribution in [0.3, 0.4) is 0 Å². The van der Waals surface area contributed by atoms with Crippen molar-refractivity contribution in [2.24, 2.45) is 0 Å². The van der Waals surface area contributed by atoms with E-state index >= 15 is 0 Å². The predicted octanol–water partition coefficient (Wildman–Crippen LogP) is 4.15. The summed E-state index contributed by atoms with van der Waals surface area (Å²) in [5, 5.41) is 10.8. The Bertz CT molecular complexity index is 1290. The van der Waals surface area contributed by atoms with Crippen LogP contribution in [-0.4, -0.2) is 42.0 Å². The second-order valence-corrected chi connectivity index (χ2v) is 9.30. The lowest BCUT2D eigenvalue weighted by Gasteiger charge is -2.14. The lowest BCUT2D eigenvalue weighted by molar-refractivity contribution is 0.324. The van der Waals surface area contributed by atoms with E-state index in [0.717, 1.165) is 5.56 Å². The molecule has 0 amide bonds. The first-order chi connectivity index (χ1) is 16.2. The minimum Gasteiger partial charge on any atom is -0.504 e. The van der Waals surface area contributed by atoms with Crippen molar-refractivity contribution in [3.8, 4) is 28.7 Å². The monoisotopic (exact) mass is 485 g/mol. The topological polar surface area (TPSA) is 117 Å². The number of hydrogen-bond donors (Lipinski definition) is 2. The molecule has 3 aromatic rings. The van der Waals surface area contributed by atoms with Crippen LogP contribution in [0.5, 0.6) is 28.7 Å². The molecule has 0 fully saturated rings. The van der Waals surface area contributed by atoms with Gasteiger partial charge >= 0.3 is 0 Å². The molecule has 3 rings (SSSR count). The van der Waals surface area contributed by atoms with Crippen molar-refractivity contribution in [1.82, 2.24) is 0 Å². The van der Waals surface area contributed by atoms with Gasteiger partial charge in [-0.15, -0.1) is 0 Å². The summed E-state index contributed by atoms with van der Waals surface area (Å²) in [4.78, 5) is 0.0641. The summed E-state index contributed by atoms with van der Waals surface area (Å²) in [6.45, 7) is 0. The Hall–Kier alpha value is -3.85. The van der Waals surface area contributed by atoms with Gasteiger partial charge in [-0.25, -0.2) is 8.42 Å². The van der Waals surface area contributed by atoms with Crippen molar-refractivity contribution in [3.63, 3.8) is 0 Å². The van der Waals surface area contributed by atoms with Crippen LogP contribution < -0.4 is 24.7 Å². The molecule has 0 saturated heterocycles. The van der Waals surface area contributed by atoms with Gasteiger partial charge in [0.15, 0.2) is 32.8 Å². The quantitative estimate of drug-likeness (QED) is 0.343. The van der Waals surface area contributed by atoms with E-state index in [1.165, 1.54) is 40.6 Å². The first kappa shape index (κ1) is 24.8. The number of anilines is 1. The zero-order valence-electron chi connectivity index (χ0n) is 19.4. The minimum absolute atomic E-state index is 0.0641. The van der Waals surface area contributed by atoms with Gasteiger partial charge in [0.2, 0.25) is 5.75 Å². The van der Waals surface area contributed by atoms with Crippen molar-refractivity contribution in [2.75, 3.05) is 34.2 Å². The summed E-state index contributed by atoms with van der Waals surface area (Å²) in [5.74, 6) is 0.879. The molecule has 3 aromatic carbocycles. The smallest absolute Gasteiger partial charge is 0.203 e. The van der Waals surface area contributed by atoms with Crippen LogP contribution in [-0.2, 0) is 15.6 Å². The summed E-state index contributed by atoms with van der Waals surface area (Å²) < 4.78 is 47.5. The van der Waals surface area contributed by atoms with Gasteiger partial charge in [-0.2, -0.15) is 0 Å². The highest BCUT2D eigenvalue weighted by atomic mass is 32.2. The lowest BCUT2D eigenvalue weighted by Crippen LogP contribution is -2.07. The number of rotatable bonds is 9. The highest BCUT2D eigenvalue weighted by Crippen LogP contribution is 2.39. The second-order valence-electron chi connectivity index (χ2n) is 7.31. The van der Waals surface area contributed by atoms with Gasteiger partial charge in [-0.3, -0.25) is 0 Å². The van der Waals surface area contributed by atoms with Crippen LogP contribution >= 0.6 is 0 Å². The van der Waals surface area contributed by atoms with Crippen LogP contribution in [0, 0.1) is 0 Å². The first-order valence-corrected chi connectivity index (χ1v) is 11.8. The van der Waals surface area contributed by atoms with Crippen LogP contribution in [0.1, 0.15) is 16.7 Å². The molecule has 8 nitrogen and oxygen atoms in total. The van der Waals surface area contributed by atoms with Gasteiger partial charge in [0, 0.05) is 11.3 Å². The van der Waals surface area contributed by atoms with Crippen LogP contribution in [0.15, 0.2) is 53.4 Å². The number of ether oxygens (including phenoxy) is 4.